The van der Waals surface area contributed by atoms with Crippen molar-refractivity contribution in [3.63, 3.8) is 0 Å². The molecule has 0 unspecified atom stereocenters. The van der Waals surface area contributed by atoms with Crippen molar-refractivity contribution in [3.05, 3.63) is 10.1 Å². The van der Waals surface area contributed by atoms with Gasteiger partial charge in [0.2, 0.25) is 0 Å². The van der Waals surface area contributed by atoms with Crippen LogP contribution in [0.4, 0.5) is 0 Å². The van der Waals surface area contributed by atoms with E-state index in [9.17, 15) is 10.1 Å². The molecule has 7 heteroatoms. The Morgan fingerprint density at radius 1 is 1.54 bits per heavy atom. The van der Waals surface area contributed by atoms with Crippen molar-refractivity contribution in [3.8, 4) is 0 Å². The van der Waals surface area contributed by atoms with E-state index in [0.29, 0.717) is 0 Å². The summed E-state index contributed by atoms with van der Waals surface area (Å²) in [5, 5.41) is 10.6. The van der Waals surface area contributed by atoms with Gasteiger partial charge in [-0.25, -0.2) is 0 Å². The van der Waals surface area contributed by atoms with E-state index in [4.69, 9.17) is 9.31 Å². The minimum absolute atomic E-state index is 0.0445. The maximum atomic E-state index is 10.6. The summed E-state index contributed by atoms with van der Waals surface area (Å²) in [7, 11) is -0.328. The SMILES string of the molecule is CC(C)B1OCC(Br)([N+](=O)[O-])CO1. The van der Waals surface area contributed by atoms with Crippen LogP contribution in [-0.2, 0) is 9.31 Å². The Kier molecular flexibility index (Phi) is 3.31. The van der Waals surface area contributed by atoms with Crippen LogP contribution >= 0.6 is 15.9 Å². The lowest BCUT2D eigenvalue weighted by atomic mass is 9.73. The standard InChI is InChI=1S/C6H11BBrNO4/c1-5(2)7-12-3-6(8,4-13-7)9(10)11/h5H,3-4H2,1-2H3. The first-order chi connectivity index (χ1) is 5.96. The van der Waals surface area contributed by atoms with Crippen LogP contribution in [0.25, 0.3) is 0 Å². The monoisotopic (exact) mass is 251 g/mol. The molecule has 13 heavy (non-hydrogen) atoms. The van der Waals surface area contributed by atoms with E-state index in [1.807, 2.05) is 13.8 Å². The summed E-state index contributed by atoms with van der Waals surface area (Å²) < 4.78 is 9.15. The van der Waals surface area contributed by atoms with Crippen molar-refractivity contribution in [2.24, 2.45) is 0 Å². The molecule has 0 aromatic rings. The van der Waals surface area contributed by atoms with Gasteiger partial charge in [-0.2, -0.15) is 0 Å². The molecule has 5 nitrogen and oxygen atoms in total. The van der Waals surface area contributed by atoms with Crippen LogP contribution < -0.4 is 0 Å². The van der Waals surface area contributed by atoms with Crippen molar-refractivity contribution < 1.29 is 14.2 Å². The lowest BCUT2D eigenvalue weighted by Gasteiger charge is -2.29. The second-order valence-corrected chi connectivity index (χ2v) is 4.89. The molecule has 1 rings (SSSR count). The molecule has 1 aliphatic rings. The Labute approximate surface area is 85.2 Å². The van der Waals surface area contributed by atoms with E-state index >= 15 is 0 Å². The van der Waals surface area contributed by atoms with Gasteiger partial charge in [-0.05, 0) is 5.82 Å². The molecule has 0 amide bonds. The first kappa shape index (κ1) is 10.9. The summed E-state index contributed by atoms with van der Waals surface area (Å²) in [5.74, 6) is 0.212. The molecule has 0 saturated carbocycles. The first-order valence-corrected chi connectivity index (χ1v) is 4.81. The highest BCUT2D eigenvalue weighted by Crippen LogP contribution is 2.27. The minimum Gasteiger partial charge on any atom is -0.402 e. The number of rotatable bonds is 2. The molecule has 0 aromatic heterocycles. The van der Waals surface area contributed by atoms with Crippen LogP contribution in [0.2, 0.25) is 5.82 Å². The summed E-state index contributed by atoms with van der Waals surface area (Å²) >= 11 is 2.99. The molecule has 0 aliphatic carbocycles. The topological polar surface area (TPSA) is 61.6 Å². The van der Waals surface area contributed by atoms with Crippen molar-refractivity contribution in [2.75, 3.05) is 13.2 Å². The van der Waals surface area contributed by atoms with E-state index in [0.717, 1.165) is 0 Å². The third-order valence-corrected chi connectivity index (χ3v) is 2.56. The lowest BCUT2D eigenvalue weighted by Crippen LogP contribution is -2.50. The Morgan fingerprint density at radius 3 is 2.31 bits per heavy atom. The Balaban J connectivity index is 2.51. The lowest BCUT2D eigenvalue weighted by molar-refractivity contribution is -0.543. The highest BCUT2D eigenvalue weighted by atomic mass is 79.9. The zero-order valence-electron chi connectivity index (χ0n) is 7.53. The zero-order chi connectivity index (χ0) is 10.1. The number of hydrogen-bond donors (Lipinski definition) is 0. The molecule has 0 atom stereocenters. The Bertz CT molecular complexity index is 205. The molecule has 0 aromatic carbocycles. The molecule has 1 saturated heterocycles. The summed E-state index contributed by atoms with van der Waals surface area (Å²) in [6.45, 7) is 3.97. The van der Waals surface area contributed by atoms with Crippen LogP contribution in [0.5, 0.6) is 0 Å². The number of hydrogen-bond acceptors (Lipinski definition) is 4. The largest absolute Gasteiger partial charge is 0.460 e. The van der Waals surface area contributed by atoms with E-state index in [2.05, 4.69) is 15.9 Å². The molecule has 0 spiro atoms. The second-order valence-electron chi connectivity index (χ2n) is 3.41. The predicted octanol–water partition coefficient (Wildman–Crippen LogP) is 1.30. The number of nitro groups is 1. The van der Waals surface area contributed by atoms with Crippen molar-refractivity contribution in [1.29, 1.82) is 0 Å². The third-order valence-electron chi connectivity index (χ3n) is 1.81. The number of nitrogens with zero attached hydrogens (tertiary/aromatic N) is 1. The van der Waals surface area contributed by atoms with Gasteiger partial charge in [0.1, 0.15) is 13.2 Å². The smallest absolute Gasteiger partial charge is 0.402 e. The van der Waals surface area contributed by atoms with Crippen LogP contribution in [0.3, 0.4) is 0 Å². The maximum Gasteiger partial charge on any atom is 0.460 e. The van der Waals surface area contributed by atoms with Crippen molar-refractivity contribution in [1.82, 2.24) is 0 Å². The van der Waals surface area contributed by atoms with E-state index in [1.54, 1.807) is 0 Å². The molecular formula is C6H11BBrNO4. The fourth-order valence-electron chi connectivity index (χ4n) is 1.000. The Morgan fingerprint density at radius 2 is 2.00 bits per heavy atom. The van der Waals surface area contributed by atoms with Gasteiger partial charge in [0.25, 0.3) is 0 Å². The van der Waals surface area contributed by atoms with Crippen LogP contribution in [0.15, 0.2) is 0 Å². The number of alkyl halides is 1. The van der Waals surface area contributed by atoms with E-state index in [-0.39, 0.29) is 26.1 Å². The molecular weight excluding hydrogens is 241 g/mol. The molecule has 74 valence electrons. The average Bonchev–Trinajstić information content (AvgIpc) is 2.04. The van der Waals surface area contributed by atoms with Crippen LogP contribution in [0, 0.1) is 10.1 Å². The third kappa shape index (κ3) is 2.42. The normalized spacial score (nSPS) is 22.0. The fourth-order valence-corrected chi connectivity index (χ4v) is 1.26. The predicted molar refractivity (Wildman–Crippen MR) is 51.4 cm³/mol. The maximum absolute atomic E-state index is 10.6. The van der Waals surface area contributed by atoms with Crippen LogP contribution in [0.1, 0.15) is 13.8 Å². The zero-order valence-corrected chi connectivity index (χ0v) is 9.11. The molecule has 1 heterocycles. The van der Waals surface area contributed by atoms with Gasteiger partial charge in [0.15, 0.2) is 0 Å². The fraction of sp³-hybridized carbons (Fsp3) is 1.00. The molecule has 0 N–H and O–H groups in total. The molecule has 0 bridgehead atoms. The van der Waals surface area contributed by atoms with Gasteiger partial charge in [0.05, 0.1) is 0 Å². The quantitative estimate of drug-likeness (QED) is 0.244. The van der Waals surface area contributed by atoms with Gasteiger partial charge in [-0.1, -0.05) is 13.8 Å². The van der Waals surface area contributed by atoms with Crippen LogP contribution in [-0.4, -0.2) is 29.7 Å². The van der Waals surface area contributed by atoms with Gasteiger partial charge in [-0.3, -0.25) is 10.1 Å². The van der Waals surface area contributed by atoms with Gasteiger partial charge >= 0.3 is 11.6 Å². The van der Waals surface area contributed by atoms with Gasteiger partial charge < -0.3 is 9.31 Å². The summed E-state index contributed by atoms with van der Waals surface area (Å²) in [6, 6.07) is 0. The first-order valence-electron chi connectivity index (χ1n) is 4.02. The average molecular weight is 252 g/mol. The van der Waals surface area contributed by atoms with E-state index in [1.165, 1.54) is 0 Å². The van der Waals surface area contributed by atoms with Crippen molar-refractivity contribution in [2.45, 2.75) is 24.1 Å². The van der Waals surface area contributed by atoms with Gasteiger partial charge in [0, 0.05) is 20.9 Å². The van der Waals surface area contributed by atoms with Crippen molar-refractivity contribution >= 4 is 23.0 Å². The molecule has 1 aliphatic heterocycles. The van der Waals surface area contributed by atoms with E-state index < -0.39 is 9.37 Å². The highest BCUT2D eigenvalue weighted by molar-refractivity contribution is 9.10. The Hall–Kier alpha value is -0.135. The second kappa shape index (κ2) is 3.94. The molecule has 0 radical (unpaired) electrons. The highest BCUT2D eigenvalue weighted by Gasteiger charge is 2.47. The summed E-state index contributed by atoms with van der Waals surface area (Å²) in [4.78, 5) is 10.1. The summed E-state index contributed by atoms with van der Waals surface area (Å²) in [6.07, 6.45) is 0. The van der Waals surface area contributed by atoms with Gasteiger partial charge in [-0.15, -0.1) is 0 Å². The minimum atomic E-state index is -1.27. The molecule has 1 fully saturated rings. The number of halogens is 1. The summed E-state index contributed by atoms with van der Waals surface area (Å²) in [5.41, 5.74) is 0.